The van der Waals surface area contributed by atoms with Crippen molar-refractivity contribution in [3.05, 3.63) is 16.1 Å². The van der Waals surface area contributed by atoms with Crippen LogP contribution in [0.5, 0.6) is 0 Å². The van der Waals surface area contributed by atoms with Gasteiger partial charge in [0.1, 0.15) is 0 Å². The minimum absolute atomic E-state index is 0.225. The molecule has 84 valence electrons. The van der Waals surface area contributed by atoms with Gasteiger partial charge >= 0.3 is 11.8 Å². The van der Waals surface area contributed by atoms with Crippen molar-refractivity contribution in [2.75, 3.05) is 6.54 Å². The molecular formula is C9H10N4O2S. The van der Waals surface area contributed by atoms with Crippen LogP contribution in [-0.4, -0.2) is 29.3 Å². The van der Waals surface area contributed by atoms with Gasteiger partial charge in [0.15, 0.2) is 0 Å². The molecule has 6 nitrogen and oxygen atoms in total. The van der Waals surface area contributed by atoms with E-state index in [4.69, 9.17) is 0 Å². The topological polar surface area (TPSA) is 83.5 Å². The van der Waals surface area contributed by atoms with E-state index in [0.717, 1.165) is 10.7 Å². The number of nitrogens with zero attached hydrogens (tertiary/aromatic N) is 2. The molecule has 0 aromatic carbocycles. The van der Waals surface area contributed by atoms with Crippen molar-refractivity contribution in [3.63, 3.8) is 0 Å². The lowest BCUT2D eigenvalue weighted by molar-refractivity contribution is -0.135. The summed E-state index contributed by atoms with van der Waals surface area (Å²) in [6.07, 6.45) is 0.702. The number of carbonyl (C=O) groups excluding carboxylic acids is 2. The maximum Gasteiger partial charge on any atom is 0.316 e. The summed E-state index contributed by atoms with van der Waals surface area (Å²) in [4.78, 5) is 29.9. The van der Waals surface area contributed by atoms with E-state index in [1.165, 1.54) is 0 Å². The Kier molecular flexibility index (Phi) is 2.95. The van der Waals surface area contributed by atoms with Crippen LogP contribution in [0.25, 0.3) is 0 Å². The quantitative estimate of drug-likeness (QED) is 0.702. The van der Waals surface area contributed by atoms with Gasteiger partial charge in [0, 0.05) is 24.0 Å². The number of rotatable bonds is 3. The third-order valence-corrected chi connectivity index (χ3v) is 2.96. The minimum atomic E-state index is -0.663. The number of nitrogens with one attached hydrogen (secondary N) is 2. The first-order valence-electron chi connectivity index (χ1n) is 4.73. The fourth-order valence-corrected chi connectivity index (χ4v) is 1.98. The highest BCUT2D eigenvalue weighted by Crippen LogP contribution is 2.08. The van der Waals surface area contributed by atoms with Gasteiger partial charge in [0.05, 0.1) is 5.01 Å². The van der Waals surface area contributed by atoms with Gasteiger partial charge in [-0.3, -0.25) is 25.2 Å². The van der Waals surface area contributed by atoms with Crippen LogP contribution in [0.15, 0.2) is 10.4 Å². The number of aromatic nitrogens is 1. The van der Waals surface area contributed by atoms with E-state index in [9.17, 15) is 9.59 Å². The van der Waals surface area contributed by atoms with Gasteiger partial charge < -0.3 is 0 Å². The zero-order valence-electron chi connectivity index (χ0n) is 8.61. The zero-order chi connectivity index (χ0) is 11.5. The molecule has 0 atom stereocenters. The molecule has 1 aliphatic heterocycles. The van der Waals surface area contributed by atoms with Crippen molar-refractivity contribution in [2.45, 2.75) is 13.3 Å². The Hall–Kier alpha value is -1.76. The predicted molar refractivity (Wildman–Crippen MR) is 59.1 cm³/mol. The Labute approximate surface area is 95.8 Å². The Morgan fingerprint density at radius 3 is 2.62 bits per heavy atom. The molecule has 2 rings (SSSR count). The summed E-state index contributed by atoms with van der Waals surface area (Å²) in [5.41, 5.74) is 0.995. The summed E-state index contributed by atoms with van der Waals surface area (Å²) < 4.78 is 0. The van der Waals surface area contributed by atoms with Crippen molar-refractivity contribution < 1.29 is 9.59 Å². The molecule has 0 saturated carbocycles. The number of carbonyl (C=O) groups is 2. The number of aliphatic imine (C=N–C) groups is 1. The predicted octanol–water partition coefficient (Wildman–Crippen LogP) is -0.404. The van der Waals surface area contributed by atoms with E-state index >= 15 is 0 Å². The second-order valence-corrected chi connectivity index (χ2v) is 4.21. The molecule has 2 heterocycles. The van der Waals surface area contributed by atoms with Crippen LogP contribution in [0, 0.1) is 6.92 Å². The van der Waals surface area contributed by atoms with Gasteiger partial charge in [-0.15, -0.1) is 11.3 Å². The monoisotopic (exact) mass is 238 g/mol. The van der Waals surface area contributed by atoms with Gasteiger partial charge in [0.25, 0.3) is 0 Å². The molecule has 0 unspecified atom stereocenters. The Morgan fingerprint density at radius 1 is 1.38 bits per heavy atom. The number of guanidine groups is 1. The summed E-state index contributed by atoms with van der Waals surface area (Å²) >= 11 is 1.58. The Bertz CT molecular complexity index is 448. The van der Waals surface area contributed by atoms with Crippen LogP contribution in [0.3, 0.4) is 0 Å². The fourth-order valence-electron chi connectivity index (χ4n) is 1.22. The molecule has 1 aromatic heterocycles. The lowest BCUT2D eigenvalue weighted by Crippen LogP contribution is -2.26. The molecule has 7 heteroatoms. The molecule has 1 saturated heterocycles. The highest BCUT2D eigenvalue weighted by atomic mass is 32.1. The first-order chi connectivity index (χ1) is 7.65. The van der Waals surface area contributed by atoms with E-state index in [0.29, 0.717) is 13.0 Å². The SMILES string of the molecule is Cc1csc(CCN=C2NC(=O)C(=O)N2)n1. The van der Waals surface area contributed by atoms with Crippen molar-refractivity contribution in [1.82, 2.24) is 15.6 Å². The zero-order valence-corrected chi connectivity index (χ0v) is 9.43. The summed E-state index contributed by atoms with van der Waals surface area (Å²) in [6, 6.07) is 0. The van der Waals surface area contributed by atoms with Crippen molar-refractivity contribution in [1.29, 1.82) is 0 Å². The van der Waals surface area contributed by atoms with E-state index in [-0.39, 0.29) is 5.96 Å². The van der Waals surface area contributed by atoms with Crippen molar-refractivity contribution in [2.24, 2.45) is 4.99 Å². The van der Waals surface area contributed by atoms with E-state index in [1.54, 1.807) is 11.3 Å². The summed E-state index contributed by atoms with van der Waals surface area (Å²) in [6.45, 7) is 2.42. The second kappa shape index (κ2) is 4.40. The Balaban J connectivity index is 1.86. The van der Waals surface area contributed by atoms with Gasteiger partial charge in [0.2, 0.25) is 5.96 Å². The second-order valence-electron chi connectivity index (χ2n) is 3.27. The number of hydrogen-bond acceptors (Lipinski definition) is 5. The minimum Gasteiger partial charge on any atom is -0.288 e. The van der Waals surface area contributed by atoms with Crippen LogP contribution in [-0.2, 0) is 16.0 Å². The molecule has 0 bridgehead atoms. The van der Waals surface area contributed by atoms with Crippen molar-refractivity contribution >= 4 is 29.1 Å². The maximum absolute atomic E-state index is 10.8. The van der Waals surface area contributed by atoms with Gasteiger partial charge in [-0.2, -0.15) is 0 Å². The largest absolute Gasteiger partial charge is 0.316 e. The van der Waals surface area contributed by atoms with E-state index < -0.39 is 11.8 Å². The molecule has 2 amide bonds. The highest BCUT2D eigenvalue weighted by molar-refractivity contribution is 7.09. The number of aryl methyl sites for hydroxylation is 1. The Morgan fingerprint density at radius 2 is 2.06 bits per heavy atom. The lowest BCUT2D eigenvalue weighted by Gasteiger charge is -1.95. The fraction of sp³-hybridized carbons (Fsp3) is 0.333. The third-order valence-electron chi connectivity index (χ3n) is 1.93. The first-order valence-corrected chi connectivity index (χ1v) is 5.61. The van der Waals surface area contributed by atoms with Crippen LogP contribution < -0.4 is 10.6 Å². The maximum atomic E-state index is 10.8. The molecule has 0 spiro atoms. The average molecular weight is 238 g/mol. The average Bonchev–Trinajstić information content (AvgIpc) is 2.75. The molecule has 16 heavy (non-hydrogen) atoms. The molecule has 1 aromatic rings. The highest BCUT2D eigenvalue weighted by Gasteiger charge is 2.24. The normalized spacial score (nSPS) is 14.9. The lowest BCUT2D eigenvalue weighted by atomic mass is 10.4. The molecule has 1 aliphatic rings. The number of hydrogen-bond donors (Lipinski definition) is 2. The summed E-state index contributed by atoms with van der Waals surface area (Å²) in [5.74, 6) is -1.10. The van der Waals surface area contributed by atoms with Gasteiger partial charge in [-0.05, 0) is 6.92 Å². The first kappa shape index (κ1) is 10.7. The summed E-state index contributed by atoms with van der Waals surface area (Å²) in [7, 11) is 0. The molecular weight excluding hydrogens is 228 g/mol. The van der Waals surface area contributed by atoms with Crippen molar-refractivity contribution in [3.8, 4) is 0 Å². The van der Waals surface area contributed by atoms with Gasteiger partial charge in [-0.1, -0.05) is 0 Å². The number of thiazole rings is 1. The van der Waals surface area contributed by atoms with Crippen LogP contribution in [0.4, 0.5) is 0 Å². The molecule has 2 N–H and O–H groups in total. The van der Waals surface area contributed by atoms with Crippen LogP contribution in [0.1, 0.15) is 10.7 Å². The molecule has 0 radical (unpaired) electrons. The molecule has 0 aliphatic carbocycles. The third kappa shape index (κ3) is 2.43. The van der Waals surface area contributed by atoms with Crippen LogP contribution >= 0.6 is 11.3 Å². The van der Waals surface area contributed by atoms with Gasteiger partial charge in [-0.25, -0.2) is 4.98 Å². The van der Waals surface area contributed by atoms with E-state index in [2.05, 4.69) is 20.6 Å². The summed E-state index contributed by atoms with van der Waals surface area (Å²) in [5, 5.41) is 7.63. The number of amides is 2. The standard InChI is InChI=1S/C9H10N4O2S/c1-5-4-16-6(11-5)2-3-10-9-12-7(14)8(15)13-9/h4H,2-3H2,1H3,(H2,10,12,13,14,15). The van der Waals surface area contributed by atoms with E-state index in [1.807, 2.05) is 12.3 Å². The molecule has 1 fully saturated rings. The smallest absolute Gasteiger partial charge is 0.288 e. The van der Waals surface area contributed by atoms with Crippen LogP contribution in [0.2, 0.25) is 0 Å².